The average molecular weight is 362 g/mol. The van der Waals surface area contributed by atoms with Gasteiger partial charge in [-0.2, -0.15) is 30.4 Å². The number of carbonyl (C=O) groups is 1. The van der Waals surface area contributed by atoms with Crippen LogP contribution in [-0.4, -0.2) is 36.5 Å². The Hall–Kier alpha value is -1.75. The molecule has 0 saturated carbocycles. The molecule has 1 aromatic carbocycles. The standard InChI is InChI=1S/C12H11F5O5S/c1-2-7-3-5-8(6-4-7)9(18)22-10(11(13,14)15)12(16,17)23(19,20)21/h3-6,10H,2H2,1H3,(H,19,20,21). The first-order valence-electron chi connectivity index (χ1n) is 6.02. The fraction of sp³-hybridized carbons (Fsp3) is 0.417. The Balaban J connectivity index is 3.14. The smallest absolute Gasteiger partial charge is 0.432 e. The van der Waals surface area contributed by atoms with E-state index >= 15 is 0 Å². The van der Waals surface area contributed by atoms with E-state index in [9.17, 15) is 35.2 Å². The van der Waals surface area contributed by atoms with E-state index in [4.69, 9.17) is 4.55 Å². The number of esters is 1. The number of alkyl halides is 5. The quantitative estimate of drug-likeness (QED) is 0.495. The molecular weight excluding hydrogens is 351 g/mol. The zero-order chi connectivity index (χ0) is 18.1. The maximum absolute atomic E-state index is 13.3. The predicted molar refractivity (Wildman–Crippen MR) is 67.6 cm³/mol. The summed E-state index contributed by atoms with van der Waals surface area (Å²) in [7, 11) is -6.45. The lowest BCUT2D eigenvalue weighted by atomic mass is 10.1. The normalized spacial score (nSPS) is 14.4. The van der Waals surface area contributed by atoms with Gasteiger partial charge < -0.3 is 4.74 Å². The Morgan fingerprint density at radius 1 is 1.17 bits per heavy atom. The number of benzene rings is 1. The summed E-state index contributed by atoms with van der Waals surface area (Å²) < 4.78 is 97.1. The van der Waals surface area contributed by atoms with Gasteiger partial charge in [0.15, 0.2) is 0 Å². The minimum absolute atomic E-state index is 0.484. The van der Waals surface area contributed by atoms with E-state index in [2.05, 4.69) is 4.74 Å². The molecule has 0 aliphatic carbocycles. The number of hydrogen-bond donors (Lipinski definition) is 1. The molecule has 0 amide bonds. The Kier molecular flexibility index (Phi) is 5.37. The third kappa shape index (κ3) is 4.38. The molecule has 1 aromatic rings. The van der Waals surface area contributed by atoms with Gasteiger partial charge in [0.05, 0.1) is 5.56 Å². The molecule has 1 N–H and O–H groups in total. The number of aryl methyl sites for hydroxylation is 1. The largest absolute Gasteiger partial charge is 0.441 e. The van der Waals surface area contributed by atoms with Crippen LogP contribution in [0.25, 0.3) is 0 Å². The van der Waals surface area contributed by atoms with Gasteiger partial charge in [0.25, 0.3) is 6.10 Å². The van der Waals surface area contributed by atoms with Crippen molar-refractivity contribution in [2.24, 2.45) is 0 Å². The first kappa shape index (κ1) is 19.3. The molecule has 0 radical (unpaired) electrons. The second-order valence-corrected chi connectivity index (χ2v) is 5.91. The van der Waals surface area contributed by atoms with Crippen molar-refractivity contribution in [3.63, 3.8) is 0 Å². The predicted octanol–water partition coefficient (Wildman–Crippen LogP) is 2.82. The van der Waals surface area contributed by atoms with Crippen molar-refractivity contribution in [1.29, 1.82) is 0 Å². The van der Waals surface area contributed by atoms with E-state index < -0.39 is 39.2 Å². The van der Waals surface area contributed by atoms with Crippen LogP contribution in [0.4, 0.5) is 22.0 Å². The van der Waals surface area contributed by atoms with E-state index in [0.717, 1.165) is 17.7 Å². The summed E-state index contributed by atoms with van der Waals surface area (Å²) in [5.41, 5.74) is 0.236. The lowest BCUT2D eigenvalue weighted by Crippen LogP contribution is -2.52. The van der Waals surface area contributed by atoms with Crippen LogP contribution >= 0.6 is 0 Å². The number of hydrogen-bond acceptors (Lipinski definition) is 4. The lowest BCUT2D eigenvalue weighted by molar-refractivity contribution is -0.248. The van der Waals surface area contributed by atoms with Gasteiger partial charge in [-0.3, -0.25) is 4.55 Å². The second-order valence-electron chi connectivity index (χ2n) is 4.41. The molecule has 0 bridgehead atoms. The summed E-state index contributed by atoms with van der Waals surface area (Å²) in [6, 6.07) is 4.81. The minimum Gasteiger partial charge on any atom is -0.441 e. The molecule has 0 aromatic heterocycles. The molecule has 0 heterocycles. The van der Waals surface area contributed by atoms with Crippen molar-refractivity contribution in [1.82, 2.24) is 0 Å². The summed E-state index contributed by atoms with van der Waals surface area (Å²) in [5.74, 6) is -1.81. The Morgan fingerprint density at radius 3 is 2.00 bits per heavy atom. The van der Waals surface area contributed by atoms with Gasteiger partial charge in [-0.05, 0) is 24.1 Å². The zero-order valence-corrected chi connectivity index (χ0v) is 12.3. The molecule has 0 aliphatic heterocycles. The summed E-state index contributed by atoms with van der Waals surface area (Å²) >= 11 is 0. The van der Waals surface area contributed by atoms with Crippen LogP contribution in [-0.2, 0) is 21.3 Å². The molecular formula is C12H11F5O5S. The van der Waals surface area contributed by atoms with Gasteiger partial charge in [-0.1, -0.05) is 19.1 Å². The molecule has 0 saturated heterocycles. The Morgan fingerprint density at radius 2 is 1.65 bits per heavy atom. The van der Waals surface area contributed by atoms with Crippen LogP contribution in [0.15, 0.2) is 24.3 Å². The van der Waals surface area contributed by atoms with Gasteiger partial charge in [0.1, 0.15) is 0 Å². The zero-order valence-electron chi connectivity index (χ0n) is 11.5. The van der Waals surface area contributed by atoms with Gasteiger partial charge in [-0.25, -0.2) is 4.79 Å². The fourth-order valence-electron chi connectivity index (χ4n) is 1.51. The van der Waals surface area contributed by atoms with Crippen LogP contribution in [0.5, 0.6) is 0 Å². The highest BCUT2D eigenvalue weighted by Gasteiger charge is 2.66. The van der Waals surface area contributed by atoms with Gasteiger partial charge in [0.2, 0.25) is 0 Å². The molecule has 0 aliphatic rings. The third-order valence-corrected chi connectivity index (χ3v) is 3.67. The summed E-state index contributed by atoms with van der Waals surface area (Å²) in [5, 5.41) is -5.75. The lowest BCUT2D eigenvalue weighted by Gasteiger charge is -2.26. The SMILES string of the molecule is CCc1ccc(C(=O)OC(C(F)(F)F)C(F)(F)S(=O)(=O)O)cc1. The van der Waals surface area contributed by atoms with Crippen molar-refractivity contribution in [3.8, 4) is 0 Å². The van der Waals surface area contributed by atoms with Crippen LogP contribution < -0.4 is 0 Å². The maximum Gasteiger partial charge on any atom is 0.432 e. The first-order chi connectivity index (χ1) is 10.3. The molecule has 130 valence electrons. The molecule has 11 heteroatoms. The van der Waals surface area contributed by atoms with Gasteiger partial charge in [-0.15, -0.1) is 0 Å². The molecule has 1 unspecified atom stereocenters. The second kappa shape index (κ2) is 6.40. The van der Waals surface area contributed by atoms with Gasteiger partial charge >= 0.3 is 27.5 Å². The average Bonchev–Trinajstić information content (AvgIpc) is 2.41. The van der Waals surface area contributed by atoms with E-state index in [1.165, 1.54) is 12.1 Å². The number of carbonyl (C=O) groups excluding carboxylic acids is 1. The Bertz CT molecular complexity index is 666. The van der Waals surface area contributed by atoms with Crippen molar-refractivity contribution >= 4 is 16.1 Å². The van der Waals surface area contributed by atoms with Crippen LogP contribution in [0.3, 0.4) is 0 Å². The van der Waals surface area contributed by atoms with E-state index in [-0.39, 0.29) is 0 Å². The van der Waals surface area contributed by atoms with Crippen LogP contribution in [0.2, 0.25) is 0 Å². The molecule has 23 heavy (non-hydrogen) atoms. The molecule has 1 rings (SSSR count). The molecule has 1 atom stereocenters. The summed E-state index contributed by atoms with van der Waals surface area (Å²) in [6.07, 6.45) is -9.71. The molecule has 5 nitrogen and oxygen atoms in total. The van der Waals surface area contributed by atoms with Crippen LogP contribution in [0, 0.1) is 0 Å². The van der Waals surface area contributed by atoms with E-state index in [0.29, 0.717) is 6.42 Å². The highest BCUT2D eigenvalue weighted by atomic mass is 32.2. The number of halogens is 5. The van der Waals surface area contributed by atoms with Gasteiger partial charge in [0, 0.05) is 0 Å². The fourth-order valence-corrected chi connectivity index (χ4v) is 1.97. The van der Waals surface area contributed by atoms with Crippen molar-refractivity contribution in [2.75, 3.05) is 0 Å². The highest BCUT2D eigenvalue weighted by Crippen LogP contribution is 2.38. The summed E-state index contributed by atoms with van der Waals surface area (Å²) in [4.78, 5) is 11.5. The number of rotatable bonds is 5. The summed E-state index contributed by atoms with van der Waals surface area (Å²) in [6.45, 7) is 1.76. The highest BCUT2D eigenvalue weighted by molar-refractivity contribution is 7.86. The van der Waals surface area contributed by atoms with Crippen molar-refractivity contribution < 1.29 is 44.5 Å². The molecule has 0 spiro atoms. The van der Waals surface area contributed by atoms with Crippen LogP contribution in [0.1, 0.15) is 22.8 Å². The molecule has 0 fully saturated rings. The third-order valence-electron chi connectivity index (χ3n) is 2.77. The topological polar surface area (TPSA) is 80.7 Å². The van der Waals surface area contributed by atoms with Crippen molar-refractivity contribution in [3.05, 3.63) is 35.4 Å². The van der Waals surface area contributed by atoms with E-state index in [1.807, 2.05) is 0 Å². The maximum atomic E-state index is 13.3. The minimum atomic E-state index is -6.45. The first-order valence-corrected chi connectivity index (χ1v) is 7.46. The van der Waals surface area contributed by atoms with Crippen molar-refractivity contribution in [2.45, 2.75) is 30.9 Å². The monoisotopic (exact) mass is 362 g/mol. The number of ether oxygens (including phenoxy) is 1. The van der Waals surface area contributed by atoms with E-state index in [1.54, 1.807) is 6.92 Å². The Labute approximate surface area is 127 Å².